The molecular formula is C54H38N2. The Balaban J connectivity index is 1.05. The highest BCUT2D eigenvalue weighted by Crippen LogP contribution is 2.39. The van der Waals surface area contributed by atoms with E-state index in [4.69, 9.17) is 2.74 Å². The van der Waals surface area contributed by atoms with E-state index in [0.29, 0.717) is 16.9 Å². The van der Waals surface area contributed by atoms with Crippen LogP contribution in [0.4, 0.5) is 17.1 Å². The summed E-state index contributed by atoms with van der Waals surface area (Å²) in [6, 6.07) is 69.3. The second-order valence-electron chi connectivity index (χ2n) is 13.9. The maximum atomic E-state index is 9.37. The first kappa shape index (κ1) is 29.0. The highest BCUT2D eigenvalue weighted by molar-refractivity contribution is 6.09. The molecule has 0 fully saturated rings. The zero-order valence-electron chi connectivity index (χ0n) is 34.5. The van der Waals surface area contributed by atoms with E-state index in [1.165, 1.54) is 10.8 Å². The molecule has 0 unspecified atom stereocenters. The Hall–Kier alpha value is -7.42. The van der Waals surface area contributed by atoms with E-state index in [1.54, 1.807) is 0 Å². The molecule has 10 rings (SSSR count). The topological polar surface area (TPSA) is 8.17 Å². The molecule has 0 radical (unpaired) electrons. The van der Waals surface area contributed by atoms with Gasteiger partial charge in [-0.1, -0.05) is 170 Å². The summed E-state index contributed by atoms with van der Waals surface area (Å²) in [4.78, 5) is 1.84. The van der Waals surface area contributed by atoms with Crippen LogP contribution in [-0.2, 0) is 0 Å². The third-order valence-corrected chi connectivity index (χ3v) is 10.5. The Bertz CT molecular complexity index is 3080. The average molecular weight is 719 g/mol. The minimum absolute atomic E-state index is 0.0872. The highest BCUT2D eigenvalue weighted by atomic mass is 15.1. The SMILES string of the molecule is [2H]c1c([2H])c(N(c2ccc(-c3ccc(-c4ccccc4)cc3)cc2)c2ccc(-c3cccc(-n4c5ccccc5c5ccccc54)c3)cc2)c([2H])c([2H])c1-c1ccccc1. The normalized spacial score (nSPS) is 12.2. The number of para-hydroxylation sites is 2. The van der Waals surface area contributed by atoms with E-state index in [-0.39, 0.29) is 35.4 Å². The van der Waals surface area contributed by atoms with Crippen molar-refractivity contribution in [3.05, 3.63) is 230 Å². The van der Waals surface area contributed by atoms with Gasteiger partial charge in [-0.2, -0.15) is 0 Å². The van der Waals surface area contributed by atoms with E-state index in [1.807, 2.05) is 89.8 Å². The molecule has 0 bridgehead atoms. The van der Waals surface area contributed by atoms with Crippen molar-refractivity contribution in [2.75, 3.05) is 4.90 Å². The molecular weight excluding hydrogens is 677 g/mol. The lowest BCUT2D eigenvalue weighted by Crippen LogP contribution is -2.09. The van der Waals surface area contributed by atoms with Gasteiger partial charge in [0.05, 0.1) is 16.5 Å². The van der Waals surface area contributed by atoms with Crippen molar-refractivity contribution in [3.8, 4) is 50.2 Å². The maximum Gasteiger partial charge on any atom is 0.0645 e. The van der Waals surface area contributed by atoms with Crippen LogP contribution in [0.2, 0.25) is 0 Å². The number of hydrogen-bond donors (Lipinski definition) is 0. The predicted molar refractivity (Wildman–Crippen MR) is 237 cm³/mol. The minimum atomic E-state index is -0.113. The number of aromatic nitrogens is 1. The van der Waals surface area contributed by atoms with Gasteiger partial charge in [-0.05, 0) is 105 Å². The number of hydrogen-bond acceptors (Lipinski definition) is 1. The van der Waals surface area contributed by atoms with Crippen LogP contribution < -0.4 is 4.90 Å². The summed E-state index contributed by atoms with van der Waals surface area (Å²) in [5.41, 5.74) is 12.4. The molecule has 10 aromatic rings. The van der Waals surface area contributed by atoms with Crippen molar-refractivity contribution in [3.63, 3.8) is 0 Å². The zero-order chi connectivity index (χ0) is 40.7. The van der Waals surface area contributed by atoms with Crippen molar-refractivity contribution in [2.24, 2.45) is 0 Å². The van der Waals surface area contributed by atoms with Gasteiger partial charge in [-0.15, -0.1) is 0 Å². The summed E-state index contributed by atoms with van der Waals surface area (Å²) in [6.07, 6.45) is 0. The van der Waals surface area contributed by atoms with Gasteiger partial charge in [-0.25, -0.2) is 0 Å². The summed E-state index contributed by atoms with van der Waals surface area (Å²) < 4.78 is 39.4. The molecule has 264 valence electrons. The molecule has 0 spiro atoms. The molecule has 0 atom stereocenters. The molecule has 0 saturated heterocycles. The van der Waals surface area contributed by atoms with Gasteiger partial charge < -0.3 is 9.47 Å². The standard InChI is InChI=1S/C54H38N2/c1-3-12-39(13-4-1)41-22-24-42(25-23-41)44-28-34-48(35-29-44)55(47-32-26-43(27-33-47)40-14-5-2-6-15-40)49-36-30-45(31-37-49)46-16-11-17-50(38-46)56-53-20-9-7-18-51(53)52-19-8-10-21-54(52)56/h1-38H/i26D,27D,32D,33D. The van der Waals surface area contributed by atoms with Gasteiger partial charge in [0.1, 0.15) is 0 Å². The zero-order valence-corrected chi connectivity index (χ0v) is 30.5. The third kappa shape index (κ3) is 6.24. The van der Waals surface area contributed by atoms with Crippen molar-refractivity contribution in [1.29, 1.82) is 0 Å². The van der Waals surface area contributed by atoms with Gasteiger partial charge in [0, 0.05) is 33.5 Å². The van der Waals surface area contributed by atoms with Crippen molar-refractivity contribution in [1.82, 2.24) is 4.57 Å². The largest absolute Gasteiger partial charge is 0.311 e. The molecule has 56 heavy (non-hydrogen) atoms. The van der Waals surface area contributed by atoms with Crippen LogP contribution in [0, 0.1) is 0 Å². The summed E-state index contributed by atoms with van der Waals surface area (Å²) >= 11 is 0. The maximum absolute atomic E-state index is 9.37. The van der Waals surface area contributed by atoms with Crippen LogP contribution in [0.5, 0.6) is 0 Å². The molecule has 0 amide bonds. The van der Waals surface area contributed by atoms with E-state index >= 15 is 0 Å². The van der Waals surface area contributed by atoms with Gasteiger partial charge in [-0.3, -0.25) is 0 Å². The Morgan fingerprint density at radius 1 is 0.304 bits per heavy atom. The minimum Gasteiger partial charge on any atom is -0.311 e. The van der Waals surface area contributed by atoms with E-state index in [9.17, 15) is 2.74 Å². The molecule has 0 aliphatic heterocycles. The van der Waals surface area contributed by atoms with E-state index in [0.717, 1.165) is 50.1 Å². The summed E-state index contributed by atoms with van der Waals surface area (Å²) in [5, 5.41) is 2.42. The van der Waals surface area contributed by atoms with Gasteiger partial charge in [0.15, 0.2) is 0 Å². The fourth-order valence-corrected chi connectivity index (χ4v) is 7.69. The van der Waals surface area contributed by atoms with Crippen molar-refractivity contribution >= 4 is 38.9 Å². The molecule has 9 aromatic carbocycles. The summed E-state index contributed by atoms with van der Waals surface area (Å²) in [5.74, 6) is 0. The lowest BCUT2D eigenvalue weighted by Gasteiger charge is -2.26. The first-order valence-electron chi connectivity index (χ1n) is 20.9. The fourth-order valence-electron chi connectivity index (χ4n) is 7.69. The average Bonchev–Trinajstić information content (AvgIpc) is 3.65. The summed E-state index contributed by atoms with van der Waals surface area (Å²) in [6.45, 7) is 0. The third-order valence-electron chi connectivity index (χ3n) is 10.5. The highest BCUT2D eigenvalue weighted by Gasteiger charge is 2.15. The Morgan fingerprint density at radius 2 is 0.696 bits per heavy atom. The number of benzene rings is 9. The quantitative estimate of drug-likeness (QED) is 0.152. The Morgan fingerprint density at radius 3 is 1.21 bits per heavy atom. The summed E-state index contributed by atoms with van der Waals surface area (Å²) in [7, 11) is 0. The van der Waals surface area contributed by atoms with Crippen LogP contribution in [-0.4, -0.2) is 4.57 Å². The van der Waals surface area contributed by atoms with Crippen LogP contribution in [0.1, 0.15) is 5.48 Å². The van der Waals surface area contributed by atoms with Gasteiger partial charge in [0.25, 0.3) is 0 Å². The van der Waals surface area contributed by atoms with E-state index in [2.05, 4.69) is 126 Å². The molecule has 2 nitrogen and oxygen atoms in total. The van der Waals surface area contributed by atoms with Gasteiger partial charge in [0.2, 0.25) is 0 Å². The van der Waals surface area contributed by atoms with Crippen LogP contribution in [0.3, 0.4) is 0 Å². The monoisotopic (exact) mass is 718 g/mol. The molecule has 0 N–H and O–H groups in total. The Labute approximate surface area is 333 Å². The molecule has 2 heteroatoms. The lowest BCUT2D eigenvalue weighted by molar-refractivity contribution is 1.18. The molecule has 0 saturated carbocycles. The molecule has 0 aliphatic rings. The van der Waals surface area contributed by atoms with Crippen molar-refractivity contribution in [2.45, 2.75) is 0 Å². The Kier molecular flexibility index (Phi) is 7.47. The predicted octanol–water partition coefficient (Wildman–Crippen LogP) is 14.9. The number of nitrogens with zero attached hydrogens (tertiary/aromatic N) is 2. The fraction of sp³-hybridized carbons (Fsp3) is 0. The van der Waals surface area contributed by atoms with Gasteiger partial charge >= 0.3 is 0 Å². The van der Waals surface area contributed by atoms with Crippen LogP contribution in [0.25, 0.3) is 72.0 Å². The lowest BCUT2D eigenvalue weighted by atomic mass is 10.00. The van der Waals surface area contributed by atoms with Crippen LogP contribution in [0.15, 0.2) is 230 Å². The van der Waals surface area contributed by atoms with Crippen molar-refractivity contribution < 1.29 is 5.48 Å². The van der Waals surface area contributed by atoms with E-state index < -0.39 is 0 Å². The number of anilines is 3. The smallest absolute Gasteiger partial charge is 0.0645 e. The molecule has 1 aromatic heterocycles. The molecule has 0 aliphatic carbocycles. The first-order valence-corrected chi connectivity index (χ1v) is 18.9. The molecule has 1 heterocycles. The number of fused-ring (bicyclic) bond motifs is 3. The second-order valence-corrected chi connectivity index (χ2v) is 13.9. The number of rotatable bonds is 8. The second kappa shape index (κ2) is 14.4. The van der Waals surface area contributed by atoms with Crippen LogP contribution >= 0.6 is 0 Å². The first-order chi connectivity index (χ1) is 29.4.